The number of rotatable bonds is 3. The highest BCUT2D eigenvalue weighted by molar-refractivity contribution is 5.29. The van der Waals surface area contributed by atoms with Gasteiger partial charge in [-0.2, -0.15) is 0 Å². The number of hydrogen-bond acceptors (Lipinski definition) is 5. The molecular formula is C16H25N3O2. The Morgan fingerprint density at radius 1 is 1.33 bits per heavy atom. The Balaban J connectivity index is 1.96. The second-order valence-corrected chi connectivity index (χ2v) is 6.21. The molecule has 0 spiro atoms. The first-order chi connectivity index (χ1) is 10.2. The van der Waals surface area contributed by atoms with Gasteiger partial charge in [0.2, 0.25) is 0 Å². The average Bonchev–Trinajstić information content (AvgIpc) is 2.55. The van der Waals surface area contributed by atoms with E-state index in [1.54, 1.807) is 7.11 Å². The van der Waals surface area contributed by atoms with Crippen molar-refractivity contribution in [3.8, 4) is 0 Å². The monoisotopic (exact) mass is 291 g/mol. The fourth-order valence-corrected chi connectivity index (χ4v) is 3.48. The van der Waals surface area contributed by atoms with Gasteiger partial charge in [0.25, 0.3) is 0 Å². The van der Waals surface area contributed by atoms with Crippen LogP contribution in [0.3, 0.4) is 0 Å². The van der Waals surface area contributed by atoms with Crippen LogP contribution in [0, 0.1) is 12.8 Å². The van der Waals surface area contributed by atoms with E-state index in [4.69, 9.17) is 25.2 Å². The molecule has 5 nitrogen and oxygen atoms in total. The molecule has 1 unspecified atom stereocenters. The van der Waals surface area contributed by atoms with Crippen LogP contribution in [-0.4, -0.2) is 36.8 Å². The Kier molecular flexibility index (Phi) is 4.24. The summed E-state index contributed by atoms with van der Waals surface area (Å²) in [7, 11) is 1.76. The van der Waals surface area contributed by atoms with Gasteiger partial charge in [0.05, 0.1) is 0 Å². The van der Waals surface area contributed by atoms with Crippen molar-refractivity contribution in [1.82, 2.24) is 9.97 Å². The molecule has 2 aliphatic rings. The number of aromatic nitrogens is 2. The maximum atomic E-state index is 5.83. The molecule has 21 heavy (non-hydrogen) atoms. The SMILES string of the molecule is COC1(c2nc(C)c3c(n2)CCC(CN)C3)CCOCC1. The van der Waals surface area contributed by atoms with Gasteiger partial charge >= 0.3 is 0 Å². The van der Waals surface area contributed by atoms with Crippen molar-refractivity contribution in [3.05, 3.63) is 22.8 Å². The zero-order valence-electron chi connectivity index (χ0n) is 13.0. The maximum absolute atomic E-state index is 5.83. The summed E-state index contributed by atoms with van der Waals surface area (Å²) < 4.78 is 11.3. The first-order valence-corrected chi connectivity index (χ1v) is 7.88. The van der Waals surface area contributed by atoms with Crippen LogP contribution < -0.4 is 5.73 Å². The Bertz CT molecular complexity index is 512. The van der Waals surface area contributed by atoms with Crippen LogP contribution in [0.4, 0.5) is 0 Å². The smallest absolute Gasteiger partial charge is 0.160 e. The van der Waals surface area contributed by atoms with Crippen LogP contribution in [0.25, 0.3) is 0 Å². The highest BCUT2D eigenvalue weighted by Crippen LogP contribution is 2.35. The minimum Gasteiger partial charge on any atom is -0.381 e. The summed E-state index contributed by atoms with van der Waals surface area (Å²) in [4.78, 5) is 9.67. The van der Waals surface area contributed by atoms with E-state index in [-0.39, 0.29) is 5.60 Å². The van der Waals surface area contributed by atoms with Gasteiger partial charge in [-0.3, -0.25) is 0 Å². The summed E-state index contributed by atoms with van der Waals surface area (Å²) in [5, 5.41) is 0. The molecule has 0 aromatic carbocycles. The molecule has 0 bridgehead atoms. The topological polar surface area (TPSA) is 70.3 Å². The predicted molar refractivity (Wildman–Crippen MR) is 80.1 cm³/mol. The van der Waals surface area contributed by atoms with E-state index in [0.717, 1.165) is 50.2 Å². The number of aryl methyl sites for hydroxylation is 2. The molecule has 1 aromatic heterocycles. The van der Waals surface area contributed by atoms with Gasteiger partial charge in [0.1, 0.15) is 5.60 Å². The molecule has 116 valence electrons. The number of hydrogen-bond donors (Lipinski definition) is 1. The van der Waals surface area contributed by atoms with Crippen LogP contribution in [-0.2, 0) is 27.9 Å². The molecule has 5 heteroatoms. The van der Waals surface area contributed by atoms with E-state index in [0.29, 0.717) is 19.1 Å². The van der Waals surface area contributed by atoms with E-state index < -0.39 is 0 Å². The molecule has 3 rings (SSSR count). The van der Waals surface area contributed by atoms with Gasteiger partial charge in [-0.1, -0.05) is 0 Å². The Hall–Kier alpha value is -1.04. The summed E-state index contributed by atoms with van der Waals surface area (Å²) in [6.07, 6.45) is 4.80. The minimum absolute atomic E-state index is 0.372. The quantitative estimate of drug-likeness (QED) is 0.914. The fourth-order valence-electron chi connectivity index (χ4n) is 3.48. The molecule has 0 amide bonds. The largest absolute Gasteiger partial charge is 0.381 e. The molecule has 1 fully saturated rings. The van der Waals surface area contributed by atoms with Crippen LogP contribution in [0.1, 0.15) is 42.0 Å². The molecule has 0 saturated carbocycles. The summed E-state index contributed by atoms with van der Waals surface area (Å²) >= 11 is 0. The van der Waals surface area contributed by atoms with Crippen molar-refractivity contribution in [2.75, 3.05) is 26.9 Å². The fraction of sp³-hybridized carbons (Fsp3) is 0.750. The molecule has 2 N–H and O–H groups in total. The standard InChI is InChI=1S/C16H25N3O2/c1-11-13-9-12(10-17)3-4-14(13)19-15(18-11)16(20-2)5-7-21-8-6-16/h12H,3-10,17H2,1-2H3. The third kappa shape index (κ3) is 2.70. The first kappa shape index (κ1) is 14.9. The van der Waals surface area contributed by atoms with Crippen molar-refractivity contribution >= 4 is 0 Å². The molecule has 1 aliphatic heterocycles. The van der Waals surface area contributed by atoms with Crippen molar-refractivity contribution in [1.29, 1.82) is 0 Å². The van der Waals surface area contributed by atoms with E-state index >= 15 is 0 Å². The first-order valence-electron chi connectivity index (χ1n) is 7.88. The minimum atomic E-state index is -0.372. The highest BCUT2D eigenvalue weighted by Gasteiger charge is 2.38. The molecule has 1 atom stereocenters. The summed E-state index contributed by atoms with van der Waals surface area (Å²) in [6, 6.07) is 0. The number of methoxy groups -OCH3 is 1. The zero-order chi connectivity index (χ0) is 14.9. The lowest BCUT2D eigenvalue weighted by molar-refractivity contribution is -0.100. The summed E-state index contributed by atoms with van der Waals surface area (Å²) in [6.45, 7) is 4.26. The van der Waals surface area contributed by atoms with Gasteiger partial charge in [-0.25, -0.2) is 9.97 Å². The summed E-state index contributed by atoms with van der Waals surface area (Å²) in [5.41, 5.74) is 9.05. The second kappa shape index (κ2) is 5.99. The lowest BCUT2D eigenvalue weighted by atomic mass is 9.85. The average molecular weight is 291 g/mol. The molecule has 1 saturated heterocycles. The van der Waals surface area contributed by atoms with Crippen LogP contribution >= 0.6 is 0 Å². The Morgan fingerprint density at radius 2 is 2.10 bits per heavy atom. The lowest BCUT2D eigenvalue weighted by Crippen LogP contribution is -2.38. The molecule has 1 aliphatic carbocycles. The number of ether oxygens (including phenoxy) is 2. The van der Waals surface area contributed by atoms with Crippen LogP contribution in [0.2, 0.25) is 0 Å². The normalized spacial score (nSPS) is 24.6. The molecule has 2 heterocycles. The predicted octanol–water partition coefficient (Wildman–Crippen LogP) is 1.50. The maximum Gasteiger partial charge on any atom is 0.160 e. The van der Waals surface area contributed by atoms with Gasteiger partial charge in [-0.15, -0.1) is 0 Å². The number of nitrogens with two attached hydrogens (primary N) is 1. The third-order valence-electron chi connectivity index (χ3n) is 5.01. The van der Waals surface area contributed by atoms with Crippen LogP contribution in [0.15, 0.2) is 0 Å². The summed E-state index contributed by atoms with van der Waals surface area (Å²) in [5.74, 6) is 1.42. The Labute approximate surface area is 126 Å². The Morgan fingerprint density at radius 3 is 2.76 bits per heavy atom. The third-order valence-corrected chi connectivity index (χ3v) is 5.01. The number of fused-ring (bicyclic) bond motifs is 1. The molecular weight excluding hydrogens is 266 g/mol. The van der Waals surface area contributed by atoms with E-state index in [9.17, 15) is 0 Å². The van der Waals surface area contributed by atoms with Gasteiger partial charge < -0.3 is 15.2 Å². The van der Waals surface area contributed by atoms with Crippen molar-refractivity contribution in [2.24, 2.45) is 11.7 Å². The number of nitrogens with zero attached hydrogens (tertiary/aromatic N) is 2. The second-order valence-electron chi connectivity index (χ2n) is 6.21. The van der Waals surface area contributed by atoms with E-state index in [2.05, 4.69) is 6.92 Å². The van der Waals surface area contributed by atoms with Crippen molar-refractivity contribution < 1.29 is 9.47 Å². The van der Waals surface area contributed by atoms with Gasteiger partial charge in [0, 0.05) is 44.6 Å². The molecule has 0 radical (unpaired) electrons. The van der Waals surface area contributed by atoms with E-state index in [1.807, 2.05) is 0 Å². The molecule has 1 aromatic rings. The van der Waals surface area contributed by atoms with Gasteiger partial charge in [0.15, 0.2) is 5.82 Å². The van der Waals surface area contributed by atoms with Crippen molar-refractivity contribution in [3.63, 3.8) is 0 Å². The van der Waals surface area contributed by atoms with Crippen molar-refractivity contribution in [2.45, 2.75) is 44.6 Å². The highest BCUT2D eigenvalue weighted by atomic mass is 16.5. The van der Waals surface area contributed by atoms with Crippen LogP contribution in [0.5, 0.6) is 0 Å². The zero-order valence-corrected chi connectivity index (χ0v) is 13.0. The van der Waals surface area contributed by atoms with E-state index in [1.165, 1.54) is 11.3 Å². The lowest BCUT2D eigenvalue weighted by Gasteiger charge is -2.35. The van der Waals surface area contributed by atoms with Gasteiger partial charge in [-0.05, 0) is 44.2 Å².